The SMILES string of the molecule is CN(CCO)c1ccc(/C=C/c2ccc(Br)cc2)cc1. The summed E-state index contributed by atoms with van der Waals surface area (Å²) in [5.41, 5.74) is 3.45. The van der Waals surface area contributed by atoms with E-state index in [2.05, 4.69) is 64.5 Å². The summed E-state index contributed by atoms with van der Waals surface area (Å²) in [5, 5.41) is 8.93. The predicted molar refractivity (Wildman–Crippen MR) is 89.9 cm³/mol. The lowest BCUT2D eigenvalue weighted by Crippen LogP contribution is -2.20. The molecule has 0 aromatic heterocycles. The normalized spacial score (nSPS) is 10.9. The van der Waals surface area contributed by atoms with Gasteiger partial charge in [-0.2, -0.15) is 0 Å². The fourth-order valence-corrected chi connectivity index (χ4v) is 2.15. The first-order valence-corrected chi connectivity index (χ1v) is 7.34. The predicted octanol–water partition coefficient (Wildman–Crippen LogP) is 4.05. The van der Waals surface area contributed by atoms with Gasteiger partial charge in [-0.3, -0.25) is 0 Å². The van der Waals surface area contributed by atoms with Crippen molar-refractivity contribution in [3.05, 3.63) is 64.1 Å². The molecule has 20 heavy (non-hydrogen) atoms. The first kappa shape index (κ1) is 14.8. The number of benzene rings is 2. The number of aliphatic hydroxyl groups is 1. The molecule has 0 aliphatic carbocycles. The van der Waals surface area contributed by atoms with Gasteiger partial charge in [-0.05, 0) is 35.4 Å². The molecule has 3 heteroatoms. The van der Waals surface area contributed by atoms with Gasteiger partial charge in [0.05, 0.1) is 6.61 Å². The average molecular weight is 332 g/mol. The van der Waals surface area contributed by atoms with Crippen LogP contribution >= 0.6 is 15.9 Å². The number of aliphatic hydroxyl groups excluding tert-OH is 1. The Kier molecular flexibility index (Phi) is 5.39. The van der Waals surface area contributed by atoms with Crippen molar-refractivity contribution in [2.75, 3.05) is 25.1 Å². The topological polar surface area (TPSA) is 23.5 Å². The van der Waals surface area contributed by atoms with E-state index in [1.165, 1.54) is 5.56 Å². The van der Waals surface area contributed by atoms with E-state index in [-0.39, 0.29) is 6.61 Å². The summed E-state index contributed by atoms with van der Waals surface area (Å²) >= 11 is 3.43. The van der Waals surface area contributed by atoms with Crippen LogP contribution in [0.25, 0.3) is 12.2 Å². The number of hydrogen-bond donors (Lipinski definition) is 1. The summed E-state index contributed by atoms with van der Waals surface area (Å²) in [6.45, 7) is 0.815. The van der Waals surface area contributed by atoms with Gasteiger partial charge in [0.25, 0.3) is 0 Å². The van der Waals surface area contributed by atoms with Crippen LogP contribution in [-0.2, 0) is 0 Å². The molecule has 2 rings (SSSR count). The van der Waals surface area contributed by atoms with Gasteiger partial charge in [-0.15, -0.1) is 0 Å². The molecular formula is C17H18BrNO. The summed E-state index contributed by atoms with van der Waals surface area (Å²) < 4.78 is 1.09. The fourth-order valence-electron chi connectivity index (χ4n) is 1.89. The largest absolute Gasteiger partial charge is 0.395 e. The summed E-state index contributed by atoms with van der Waals surface area (Å²) in [6.07, 6.45) is 4.19. The van der Waals surface area contributed by atoms with Crippen LogP contribution in [0.3, 0.4) is 0 Å². The first-order chi connectivity index (χ1) is 9.69. The molecule has 0 saturated heterocycles. The fraction of sp³-hybridized carbons (Fsp3) is 0.176. The van der Waals surface area contributed by atoms with E-state index >= 15 is 0 Å². The molecule has 2 aromatic carbocycles. The van der Waals surface area contributed by atoms with Crippen LogP contribution in [-0.4, -0.2) is 25.3 Å². The molecule has 1 N–H and O–H groups in total. The second kappa shape index (κ2) is 7.27. The third-order valence-corrected chi connectivity index (χ3v) is 3.64. The Labute approximate surface area is 128 Å². The molecule has 0 saturated carbocycles. The number of nitrogens with zero attached hydrogens (tertiary/aromatic N) is 1. The molecule has 0 spiro atoms. The molecule has 0 heterocycles. The van der Waals surface area contributed by atoms with Crippen molar-refractivity contribution in [1.82, 2.24) is 0 Å². The van der Waals surface area contributed by atoms with E-state index in [0.717, 1.165) is 15.7 Å². The molecule has 2 nitrogen and oxygen atoms in total. The molecule has 0 bridgehead atoms. The van der Waals surface area contributed by atoms with Gasteiger partial charge >= 0.3 is 0 Å². The Morgan fingerprint density at radius 2 is 1.45 bits per heavy atom. The van der Waals surface area contributed by atoms with Gasteiger partial charge in [0.15, 0.2) is 0 Å². The highest BCUT2D eigenvalue weighted by Gasteiger charge is 1.98. The van der Waals surface area contributed by atoms with Crippen molar-refractivity contribution in [2.45, 2.75) is 0 Å². The Morgan fingerprint density at radius 3 is 1.95 bits per heavy atom. The number of anilines is 1. The molecule has 0 amide bonds. The lowest BCUT2D eigenvalue weighted by molar-refractivity contribution is 0.304. The van der Waals surface area contributed by atoms with Crippen LogP contribution in [0.1, 0.15) is 11.1 Å². The average Bonchev–Trinajstić information content (AvgIpc) is 2.47. The van der Waals surface area contributed by atoms with E-state index < -0.39 is 0 Å². The number of halogens is 1. The van der Waals surface area contributed by atoms with Gasteiger partial charge < -0.3 is 10.0 Å². The van der Waals surface area contributed by atoms with Crippen LogP contribution in [0, 0.1) is 0 Å². The third-order valence-electron chi connectivity index (χ3n) is 3.11. The highest BCUT2D eigenvalue weighted by atomic mass is 79.9. The van der Waals surface area contributed by atoms with Crippen LogP contribution < -0.4 is 4.90 Å². The second-order valence-corrected chi connectivity index (χ2v) is 5.54. The zero-order chi connectivity index (χ0) is 14.4. The van der Waals surface area contributed by atoms with Gasteiger partial charge in [-0.1, -0.05) is 52.3 Å². The summed E-state index contributed by atoms with van der Waals surface area (Å²) in [5.74, 6) is 0. The summed E-state index contributed by atoms with van der Waals surface area (Å²) in [6, 6.07) is 16.5. The molecule has 0 radical (unpaired) electrons. The maximum Gasteiger partial charge on any atom is 0.0606 e. The zero-order valence-corrected chi connectivity index (χ0v) is 13.0. The third kappa shape index (κ3) is 4.22. The van der Waals surface area contributed by atoms with Gasteiger partial charge in [0.2, 0.25) is 0 Å². The second-order valence-electron chi connectivity index (χ2n) is 4.62. The van der Waals surface area contributed by atoms with Crippen molar-refractivity contribution >= 4 is 33.8 Å². The molecule has 0 aliphatic heterocycles. The Bertz CT molecular complexity index is 561. The molecule has 104 valence electrons. The highest BCUT2D eigenvalue weighted by molar-refractivity contribution is 9.10. The molecule has 0 fully saturated rings. The van der Waals surface area contributed by atoms with E-state index in [0.29, 0.717) is 6.54 Å². The summed E-state index contributed by atoms with van der Waals surface area (Å²) in [7, 11) is 1.98. The Morgan fingerprint density at radius 1 is 0.950 bits per heavy atom. The maximum absolute atomic E-state index is 8.93. The van der Waals surface area contributed by atoms with Crippen LogP contribution in [0.15, 0.2) is 53.0 Å². The van der Waals surface area contributed by atoms with E-state index in [1.807, 2.05) is 24.1 Å². The zero-order valence-electron chi connectivity index (χ0n) is 11.5. The smallest absolute Gasteiger partial charge is 0.0606 e. The highest BCUT2D eigenvalue weighted by Crippen LogP contribution is 2.16. The lowest BCUT2D eigenvalue weighted by atomic mass is 10.1. The minimum Gasteiger partial charge on any atom is -0.395 e. The van der Waals surface area contributed by atoms with Crippen molar-refractivity contribution in [2.24, 2.45) is 0 Å². The van der Waals surface area contributed by atoms with E-state index in [4.69, 9.17) is 5.11 Å². The Hall–Kier alpha value is -1.58. The monoisotopic (exact) mass is 331 g/mol. The molecule has 0 atom stereocenters. The standard InChI is InChI=1S/C17H18BrNO/c1-19(12-13-20)17-10-6-15(7-11-17)3-2-14-4-8-16(18)9-5-14/h2-11,20H,12-13H2,1H3/b3-2+. The van der Waals surface area contributed by atoms with Gasteiger partial charge in [0, 0.05) is 23.8 Å². The van der Waals surface area contributed by atoms with Crippen LogP contribution in [0.4, 0.5) is 5.69 Å². The molecular weight excluding hydrogens is 314 g/mol. The Balaban J connectivity index is 2.05. The number of hydrogen-bond acceptors (Lipinski definition) is 2. The molecule has 0 unspecified atom stereocenters. The van der Waals surface area contributed by atoms with E-state index in [1.54, 1.807) is 0 Å². The van der Waals surface area contributed by atoms with Gasteiger partial charge in [-0.25, -0.2) is 0 Å². The summed E-state index contributed by atoms with van der Waals surface area (Å²) in [4.78, 5) is 2.03. The van der Waals surface area contributed by atoms with Crippen molar-refractivity contribution in [1.29, 1.82) is 0 Å². The van der Waals surface area contributed by atoms with Crippen molar-refractivity contribution < 1.29 is 5.11 Å². The first-order valence-electron chi connectivity index (χ1n) is 6.55. The maximum atomic E-state index is 8.93. The lowest BCUT2D eigenvalue weighted by Gasteiger charge is -2.17. The van der Waals surface area contributed by atoms with Gasteiger partial charge in [0.1, 0.15) is 0 Å². The van der Waals surface area contributed by atoms with Crippen LogP contribution in [0.2, 0.25) is 0 Å². The molecule has 0 aliphatic rings. The molecule has 2 aromatic rings. The van der Waals surface area contributed by atoms with E-state index in [9.17, 15) is 0 Å². The van der Waals surface area contributed by atoms with Crippen molar-refractivity contribution in [3.63, 3.8) is 0 Å². The van der Waals surface area contributed by atoms with Crippen LogP contribution in [0.5, 0.6) is 0 Å². The minimum absolute atomic E-state index is 0.168. The van der Waals surface area contributed by atoms with Crippen molar-refractivity contribution in [3.8, 4) is 0 Å². The number of likely N-dealkylation sites (N-methyl/N-ethyl adjacent to an activating group) is 1. The minimum atomic E-state index is 0.168. The number of rotatable bonds is 5. The quantitative estimate of drug-likeness (QED) is 0.835.